The largest absolute Gasteiger partial charge is 0.368 e. The van der Waals surface area contributed by atoms with Gasteiger partial charge in [-0.2, -0.15) is 22.3 Å². The summed E-state index contributed by atoms with van der Waals surface area (Å²) in [4.78, 5) is 17.4. The SMILES string of the molecule is CN(C)/C=N/S(=O)(=O)c1cc(NC(=O)Cc2ccccc2F)cnc1-c1cnn(C(F)F)c1. The van der Waals surface area contributed by atoms with Gasteiger partial charge in [-0.25, -0.2) is 9.07 Å². The molecule has 3 aromatic rings. The first-order valence-electron chi connectivity index (χ1n) is 9.39. The molecule has 1 amide bonds. The van der Waals surface area contributed by atoms with Gasteiger partial charge in [0.2, 0.25) is 5.91 Å². The molecule has 0 saturated carbocycles. The van der Waals surface area contributed by atoms with Gasteiger partial charge in [0.15, 0.2) is 0 Å². The van der Waals surface area contributed by atoms with Crippen LogP contribution >= 0.6 is 0 Å². The van der Waals surface area contributed by atoms with Crippen molar-refractivity contribution in [3.05, 3.63) is 60.3 Å². The number of aromatic nitrogens is 3. The van der Waals surface area contributed by atoms with E-state index in [-0.39, 0.29) is 28.9 Å². The fraction of sp³-hybridized carbons (Fsp3) is 0.200. The highest BCUT2D eigenvalue weighted by Gasteiger charge is 2.23. The minimum atomic E-state index is -4.34. The maximum absolute atomic E-state index is 13.8. The highest BCUT2D eigenvalue weighted by Crippen LogP contribution is 2.29. The maximum Gasteiger partial charge on any atom is 0.333 e. The Kier molecular flexibility index (Phi) is 7.11. The van der Waals surface area contributed by atoms with Crippen molar-refractivity contribution in [1.29, 1.82) is 0 Å². The van der Waals surface area contributed by atoms with E-state index in [9.17, 15) is 26.4 Å². The molecule has 3 rings (SSSR count). The van der Waals surface area contributed by atoms with Gasteiger partial charge in [0.25, 0.3) is 10.0 Å². The zero-order chi connectivity index (χ0) is 24.2. The molecule has 1 N–H and O–H groups in total. The van der Waals surface area contributed by atoms with Crippen molar-refractivity contribution in [2.45, 2.75) is 17.9 Å². The summed E-state index contributed by atoms with van der Waals surface area (Å²) in [6, 6.07) is 6.83. The number of anilines is 1. The second-order valence-corrected chi connectivity index (χ2v) is 8.63. The molecule has 0 aliphatic carbocycles. The molecule has 13 heteroatoms. The molecule has 0 radical (unpaired) electrons. The molecule has 1 aromatic carbocycles. The van der Waals surface area contributed by atoms with Crippen LogP contribution in [0.5, 0.6) is 0 Å². The summed E-state index contributed by atoms with van der Waals surface area (Å²) in [5.74, 6) is -1.17. The number of nitrogens with zero attached hydrogens (tertiary/aromatic N) is 5. The number of hydrogen-bond donors (Lipinski definition) is 1. The van der Waals surface area contributed by atoms with Crippen LogP contribution in [0.25, 0.3) is 11.3 Å². The monoisotopic (exact) mass is 480 g/mol. The van der Waals surface area contributed by atoms with E-state index in [0.717, 1.165) is 31.0 Å². The van der Waals surface area contributed by atoms with E-state index in [2.05, 4.69) is 19.8 Å². The average molecular weight is 480 g/mol. The van der Waals surface area contributed by atoms with E-state index < -0.39 is 33.2 Å². The number of pyridine rings is 1. The van der Waals surface area contributed by atoms with Gasteiger partial charge in [-0.3, -0.25) is 9.78 Å². The van der Waals surface area contributed by atoms with Crippen molar-refractivity contribution in [2.75, 3.05) is 19.4 Å². The van der Waals surface area contributed by atoms with Crippen molar-refractivity contribution in [2.24, 2.45) is 4.40 Å². The number of nitrogens with one attached hydrogen (secondary N) is 1. The summed E-state index contributed by atoms with van der Waals surface area (Å²) >= 11 is 0. The van der Waals surface area contributed by atoms with Gasteiger partial charge in [-0.05, 0) is 17.7 Å². The number of sulfonamides is 1. The topological polar surface area (TPSA) is 110 Å². The number of benzene rings is 1. The Morgan fingerprint density at radius 3 is 2.64 bits per heavy atom. The number of alkyl halides is 2. The predicted molar refractivity (Wildman–Crippen MR) is 115 cm³/mol. The third-order valence-corrected chi connectivity index (χ3v) is 5.45. The lowest BCUT2D eigenvalue weighted by Gasteiger charge is -2.11. The van der Waals surface area contributed by atoms with Gasteiger partial charge in [-0.1, -0.05) is 18.2 Å². The Morgan fingerprint density at radius 2 is 2.00 bits per heavy atom. The zero-order valence-electron chi connectivity index (χ0n) is 17.5. The molecule has 2 aromatic heterocycles. The molecule has 0 spiro atoms. The van der Waals surface area contributed by atoms with Gasteiger partial charge in [0.05, 0.1) is 30.2 Å². The van der Waals surface area contributed by atoms with Gasteiger partial charge in [0, 0.05) is 25.9 Å². The fourth-order valence-electron chi connectivity index (χ4n) is 2.73. The number of amides is 1. The van der Waals surface area contributed by atoms with Gasteiger partial charge in [0.1, 0.15) is 17.1 Å². The molecule has 0 aliphatic rings. The normalized spacial score (nSPS) is 11.8. The number of rotatable bonds is 8. The standard InChI is InChI=1S/C20H19F3N6O3S/c1-28(2)12-26-33(31,32)17-8-15(27-18(30)7-13-5-3-4-6-16(13)21)10-24-19(17)14-9-25-29(11-14)20(22)23/h3-6,8-12,20H,7H2,1-2H3,(H,27,30)/b26-12+. The van der Waals surface area contributed by atoms with Gasteiger partial charge >= 0.3 is 6.55 Å². The van der Waals surface area contributed by atoms with Crippen molar-refractivity contribution >= 4 is 28.0 Å². The summed E-state index contributed by atoms with van der Waals surface area (Å²) < 4.78 is 69.2. The lowest BCUT2D eigenvalue weighted by atomic mass is 10.1. The summed E-state index contributed by atoms with van der Waals surface area (Å²) in [5, 5.41) is 5.96. The van der Waals surface area contributed by atoms with Gasteiger partial charge < -0.3 is 10.2 Å². The molecular formula is C20H19F3N6O3S. The highest BCUT2D eigenvalue weighted by molar-refractivity contribution is 7.90. The Hall–Kier alpha value is -3.74. The second-order valence-electron chi connectivity index (χ2n) is 7.03. The molecule has 9 nitrogen and oxygen atoms in total. The van der Waals surface area contributed by atoms with Crippen LogP contribution in [-0.4, -0.2) is 54.4 Å². The Bertz CT molecular complexity index is 1290. The molecule has 0 bridgehead atoms. The van der Waals surface area contributed by atoms with Crippen LogP contribution < -0.4 is 5.32 Å². The van der Waals surface area contributed by atoms with Crippen LogP contribution in [-0.2, 0) is 21.2 Å². The smallest absolute Gasteiger partial charge is 0.333 e. The Morgan fingerprint density at radius 1 is 1.27 bits per heavy atom. The van der Waals surface area contributed by atoms with Crippen LogP contribution in [0.3, 0.4) is 0 Å². The summed E-state index contributed by atoms with van der Waals surface area (Å²) in [7, 11) is -1.22. The molecule has 33 heavy (non-hydrogen) atoms. The number of hydrogen-bond acceptors (Lipinski definition) is 5. The Labute approximate surface area is 187 Å². The second kappa shape index (κ2) is 9.81. The van der Waals surface area contributed by atoms with Crippen LogP contribution in [0.1, 0.15) is 12.1 Å². The first kappa shape index (κ1) is 23.9. The van der Waals surface area contributed by atoms with E-state index in [0.29, 0.717) is 4.68 Å². The van der Waals surface area contributed by atoms with E-state index >= 15 is 0 Å². The van der Waals surface area contributed by atoms with E-state index in [1.165, 1.54) is 23.1 Å². The minimum absolute atomic E-state index is 0.0000289. The van der Waals surface area contributed by atoms with E-state index in [1.54, 1.807) is 20.2 Å². The first-order valence-corrected chi connectivity index (χ1v) is 10.8. The van der Waals surface area contributed by atoms with Crippen LogP contribution in [0.15, 0.2) is 58.2 Å². The third kappa shape index (κ3) is 5.94. The molecule has 0 atom stereocenters. The quantitative estimate of drug-likeness (QED) is 0.392. The van der Waals surface area contributed by atoms with E-state index in [4.69, 9.17) is 0 Å². The molecule has 0 saturated heterocycles. The summed E-state index contributed by atoms with van der Waals surface area (Å²) in [6.07, 6.45) is 3.89. The lowest BCUT2D eigenvalue weighted by molar-refractivity contribution is -0.115. The molecule has 174 valence electrons. The zero-order valence-corrected chi connectivity index (χ0v) is 18.3. The third-order valence-electron chi connectivity index (χ3n) is 4.22. The summed E-state index contributed by atoms with van der Waals surface area (Å²) in [6.45, 7) is -2.93. The first-order chi connectivity index (χ1) is 15.6. The lowest BCUT2D eigenvalue weighted by Crippen LogP contribution is -2.16. The molecular weight excluding hydrogens is 461 g/mol. The fourth-order valence-corrected chi connectivity index (χ4v) is 3.84. The number of carbonyl (C=O) groups is 1. The molecule has 0 aliphatic heterocycles. The summed E-state index contributed by atoms with van der Waals surface area (Å²) in [5.41, 5.74) is -0.00883. The van der Waals surface area contributed by atoms with E-state index in [1.807, 2.05) is 0 Å². The number of carbonyl (C=O) groups excluding carboxylic acids is 1. The van der Waals surface area contributed by atoms with Crippen LogP contribution in [0.4, 0.5) is 18.9 Å². The average Bonchev–Trinajstić information content (AvgIpc) is 3.24. The molecule has 0 fully saturated rings. The van der Waals surface area contributed by atoms with Crippen LogP contribution in [0.2, 0.25) is 0 Å². The van der Waals surface area contributed by atoms with Crippen LogP contribution in [0, 0.1) is 5.82 Å². The Balaban J connectivity index is 1.98. The minimum Gasteiger partial charge on any atom is -0.368 e. The van der Waals surface area contributed by atoms with Crippen molar-refractivity contribution in [3.63, 3.8) is 0 Å². The van der Waals surface area contributed by atoms with Crippen molar-refractivity contribution in [3.8, 4) is 11.3 Å². The van der Waals surface area contributed by atoms with Gasteiger partial charge in [-0.15, -0.1) is 4.40 Å². The number of halogens is 3. The predicted octanol–water partition coefficient (Wildman–Crippen LogP) is 2.94. The maximum atomic E-state index is 13.8. The van der Waals surface area contributed by atoms with Crippen molar-refractivity contribution < 1.29 is 26.4 Å². The molecule has 0 unspecified atom stereocenters. The highest BCUT2D eigenvalue weighted by atomic mass is 32.2. The van der Waals surface area contributed by atoms with Crippen molar-refractivity contribution in [1.82, 2.24) is 19.7 Å². The molecule has 2 heterocycles.